The molecule has 2 rings (SSSR count). The summed E-state index contributed by atoms with van der Waals surface area (Å²) in [6, 6.07) is 8.19. The van der Waals surface area contributed by atoms with E-state index in [0.29, 0.717) is 11.8 Å². The Morgan fingerprint density at radius 3 is 2.50 bits per heavy atom. The van der Waals surface area contributed by atoms with Crippen molar-refractivity contribution in [3.05, 3.63) is 29.8 Å². The van der Waals surface area contributed by atoms with Gasteiger partial charge in [0.25, 0.3) is 0 Å². The monoisotopic (exact) mass is 220 g/mol. The van der Waals surface area contributed by atoms with E-state index in [1.165, 1.54) is 18.4 Å². The van der Waals surface area contributed by atoms with Crippen LogP contribution in [0.3, 0.4) is 0 Å². The van der Waals surface area contributed by atoms with E-state index >= 15 is 0 Å². The minimum absolute atomic E-state index is 0.341. The number of nitrogens with zero attached hydrogens (tertiary/aromatic N) is 1. The number of phenols is 1. The lowest BCUT2D eigenvalue weighted by Gasteiger charge is -2.31. The van der Waals surface area contributed by atoms with Gasteiger partial charge < -0.3 is 10.4 Å². The summed E-state index contributed by atoms with van der Waals surface area (Å²) in [5.74, 6) is 0.341. The van der Waals surface area contributed by atoms with Gasteiger partial charge in [-0.1, -0.05) is 12.1 Å². The highest BCUT2D eigenvalue weighted by Crippen LogP contribution is 2.15. The fraction of sp³-hybridized carbons (Fsp3) is 0.538. The Morgan fingerprint density at radius 1 is 1.25 bits per heavy atom. The van der Waals surface area contributed by atoms with Crippen molar-refractivity contribution in [3.8, 4) is 5.75 Å². The molecule has 88 valence electrons. The van der Waals surface area contributed by atoms with Gasteiger partial charge in [0, 0.05) is 12.6 Å². The molecule has 0 atom stereocenters. The molecule has 1 fully saturated rings. The minimum atomic E-state index is 0.341. The maximum absolute atomic E-state index is 9.22. The summed E-state index contributed by atoms with van der Waals surface area (Å²) < 4.78 is 0. The molecule has 3 nitrogen and oxygen atoms in total. The predicted octanol–water partition coefficient (Wildman–Crippen LogP) is 1.58. The van der Waals surface area contributed by atoms with E-state index < -0.39 is 0 Å². The Hall–Kier alpha value is -1.06. The maximum atomic E-state index is 9.22. The molecule has 0 aromatic heterocycles. The largest absolute Gasteiger partial charge is 0.508 e. The van der Waals surface area contributed by atoms with Crippen LogP contribution in [0.2, 0.25) is 0 Å². The molecule has 0 amide bonds. The van der Waals surface area contributed by atoms with Crippen LogP contribution in [0, 0.1) is 0 Å². The molecule has 1 saturated heterocycles. The fourth-order valence-electron chi connectivity index (χ4n) is 2.27. The van der Waals surface area contributed by atoms with Gasteiger partial charge in [-0.25, -0.2) is 0 Å². The van der Waals surface area contributed by atoms with Crippen molar-refractivity contribution in [2.45, 2.75) is 25.4 Å². The van der Waals surface area contributed by atoms with Crippen LogP contribution < -0.4 is 5.32 Å². The smallest absolute Gasteiger partial charge is 0.115 e. The number of benzene rings is 1. The van der Waals surface area contributed by atoms with E-state index in [0.717, 1.165) is 19.6 Å². The van der Waals surface area contributed by atoms with Crippen LogP contribution in [0.1, 0.15) is 18.4 Å². The fourth-order valence-corrected chi connectivity index (χ4v) is 2.27. The Labute approximate surface area is 97.1 Å². The van der Waals surface area contributed by atoms with Crippen molar-refractivity contribution < 1.29 is 5.11 Å². The first kappa shape index (κ1) is 11.4. The second kappa shape index (κ2) is 5.32. The summed E-state index contributed by atoms with van der Waals surface area (Å²) in [7, 11) is 2.18. The number of phenolic OH excluding ortho intramolecular Hbond substituents is 1. The van der Waals surface area contributed by atoms with Gasteiger partial charge in [0.15, 0.2) is 0 Å². The first-order valence-corrected chi connectivity index (χ1v) is 5.94. The first-order chi connectivity index (χ1) is 7.75. The van der Waals surface area contributed by atoms with Gasteiger partial charge in [0.05, 0.1) is 0 Å². The third-order valence-electron chi connectivity index (χ3n) is 3.30. The molecule has 0 spiro atoms. The number of piperidine rings is 1. The SMILES string of the molecule is CN(Cc1ccc(O)cc1)C1CCNCC1. The summed E-state index contributed by atoms with van der Waals surface area (Å²) in [5, 5.41) is 12.6. The summed E-state index contributed by atoms with van der Waals surface area (Å²) in [6.45, 7) is 3.22. The van der Waals surface area contributed by atoms with Gasteiger partial charge in [-0.3, -0.25) is 4.90 Å². The van der Waals surface area contributed by atoms with Gasteiger partial charge in [-0.2, -0.15) is 0 Å². The highest BCUT2D eigenvalue weighted by Gasteiger charge is 2.17. The summed E-state index contributed by atoms with van der Waals surface area (Å²) in [6.07, 6.45) is 2.46. The van der Waals surface area contributed by atoms with E-state index in [-0.39, 0.29) is 0 Å². The van der Waals surface area contributed by atoms with E-state index in [4.69, 9.17) is 0 Å². The van der Waals surface area contributed by atoms with Crippen LogP contribution in [0.15, 0.2) is 24.3 Å². The highest BCUT2D eigenvalue weighted by atomic mass is 16.3. The quantitative estimate of drug-likeness (QED) is 0.811. The average Bonchev–Trinajstić information content (AvgIpc) is 2.33. The molecule has 0 unspecified atom stereocenters. The second-order valence-corrected chi connectivity index (χ2v) is 4.56. The molecule has 1 aromatic rings. The third-order valence-corrected chi connectivity index (χ3v) is 3.30. The summed E-state index contributed by atoms with van der Waals surface area (Å²) in [4.78, 5) is 2.41. The molecule has 1 aromatic carbocycles. The molecule has 2 N–H and O–H groups in total. The van der Waals surface area contributed by atoms with Crippen molar-refractivity contribution >= 4 is 0 Å². The molecular weight excluding hydrogens is 200 g/mol. The molecule has 3 heteroatoms. The highest BCUT2D eigenvalue weighted by molar-refractivity contribution is 5.25. The molecular formula is C13H20N2O. The van der Waals surface area contributed by atoms with Gasteiger partial charge in [-0.15, -0.1) is 0 Å². The van der Waals surface area contributed by atoms with E-state index in [1.807, 2.05) is 12.1 Å². The van der Waals surface area contributed by atoms with Crippen LogP contribution in [0.5, 0.6) is 5.75 Å². The Bertz CT molecular complexity index is 317. The molecule has 16 heavy (non-hydrogen) atoms. The molecule has 0 radical (unpaired) electrons. The van der Waals surface area contributed by atoms with Gasteiger partial charge >= 0.3 is 0 Å². The zero-order valence-corrected chi connectivity index (χ0v) is 9.82. The van der Waals surface area contributed by atoms with Crippen LogP contribution in [-0.4, -0.2) is 36.2 Å². The maximum Gasteiger partial charge on any atom is 0.115 e. The molecule has 1 aliphatic rings. The Morgan fingerprint density at radius 2 is 1.88 bits per heavy atom. The summed E-state index contributed by atoms with van der Waals surface area (Å²) in [5.41, 5.74) is 1.26. The van der Waals surface area contributed by atoms with Crippen molar-refractivity contribution in [2.75, 3.05) is 20.1 Å². The first-order valence-electron chi connectivity index (χ1n) is 5.94. The van der Waals surface area contributed by atoms with Crippen molar-refractivity contribution in [1.82, 2.24) is 10.2 Å². The Kier molecular flexibility index (Phi) is 3.80. The normalized spacial score (nSPS) is 17.9. The van der Waals surface area contributed by atoms with E-state index in [2.05, 4.69) is 17.3 Å². The molecule has 0 saturated carbocycles. The van der Waals surface area contributed by atoms with E-state index in [1.54, 1.807) is 12.1 Å². The average molecular weight is 220 g/mol. The van der Waals surface area contributed by atoms with Crippen LogP contribution in [0.4, 0.5) is 0 Å². The predicted molar refractivity (Wildman–Crippen MR) is 65.5 cm³/mol. The second-order valence-electron chi connectivity index (χ2n) is 4.56. The van der Waals surface area contributed by atoms with Crippen LogP contribution >= 0.6 is 0 Å². The summed E-state index contributed by atoms with van der Waals surface area (Å²) >= 11 is 0. The van der Waals surface area contributed by atoms with E-state index in [9.17, 15) is 5.11 Å². The zero-order valence-electron chi connectivity index (χ0n) is 9.82. The molecule has 1 heterocycles. The van der Waals surface area contributed by atoms with Gasteiger partial charge in [-0.05, 0) is 50.7 Å². The number of hydrogen-bond acceptors (Lipinski definition) is 3. The lowest BCUT2D eigenvalue weighted by molar-refractivity contribution is 0.192. The van der Waals surface area contributed by atoms with Gasteiger partial charge in [0.2, 0.25) is 0 Å². The number of hydrogen-bond donors (Lipinski definition) is 2. The number of aromatic hydroxyl groups is 1. The Balaban J connectivity index is 1.90. The lowest BCUT2D eigenvalue weighted by atomic mass is 10.0. The molecule has 0 aliphatic carbocycles. The standard InChI is InChI=1S/C13H20N2O/c1-15(12-6-8-14-9-7-12)10-11-2-4-13(16)5-3-11/h2-5,12,14,16H,6-10H2,1H3. The topological polar surface area (TPSA) is 35.5 Å². The van der Waals surface area contributed by atoms with Crippen molar-refractivity contribution in [3.63, 3.8) is 0 Å². The number of rotatable bonds is 3. The van der Waals surface area contributed by atoms with Crippen LogP contribution in [0.25, 0.3) is 0 Å². The van der Waals surface area contributed by atoms with Crippen LogP contribution in [-0.2, 0) is 6.54 Å². The van der Waals surface area contributed by atoms with Gasteiger partial charge in [0.1, 0.15) is 5.75 Å². The lowest BCUT2D eigenvalue weighted by Crippen LogP contribution is -2.40. The molecule has 0 bridgehead atoms. The van der Waals surface area contributed by atoms with Crippen molar-refractivity contribution in [1.29, 1.82) is 0 Å². The van der Waals surface area contributed by atoms with Crippen molar-refractivity contribution in [2.24, 2.45) is 0 Å². The molecule has 1 aliphatic heterocycles. The zero-order chi connectivity index (χ0) is 11.4. The third kappa shape index (κ3) is 2.97. The minimum Gasteiger partial charge on any atom is -0.508 e. The number of nitrogens with one attached hydrogen (secondary N) is 1.